The molecule has 2 saturated heterocycles. The summed E-state index contributed by atoms with van der Waals surface area (Å²) in [5, 5.41) is 9.49. The largest absolute Gasteiger partial charge is 0.461 e. The number of nitrogen functional groups attached to an aromatic ring is 1. The third-order valence-corrected chi connectivity index (χ3v) is 3.88. The van der Waals surface area contributed by atoms with E-state index in [1.807, 2.05) is 0 Å². The molecule has 0 aliphatic carbocycles. The highest BCUT2D eigenvalue weighted by molar-refractivity contribution is 5.92. The van der Waals surface area contributed by atoms with Crippen molar-refractivity contribution in [1.29, 1.82) is 0 Å². The summed E-state index contributed by atoms with van der Waals surface area (Å²) in [6.07, 6.45) is -0.673. The van der Waals surface area contributed by atoms with Gasteiger partial charge in [0.2, 0.25) is 0 Å². The zero-order valence-electron chi connectivity index (χ0n) is 13.3. The van der Waals surface area contributed by atoms with Crippen LogP contribution < -0.4 is 5.73 Å². The quantitative estimate of drug-likeness (QED) is 0.745. The number of aliphatic hydroxyl groups is 1. The molecule has 0 amide bonds. The molecule has 3 N–H and O–H groups in total. The van der Waals surface area contributed by atoms with Gasteiger partial charge in [0.25, 0.3) is 0 Å². The number of nitrogens with two attached hydrogens (primary N) is 1. The number of esters is 1. The predicted molar refractivity (Wildman–Crippen MR) is 77.4 cm³/mol. The maximum absolute atomic E-state index is 11.8. The van der Waals surface area contributed by atoms with E-state index in [0.717, 1.165) is 0 Å². The molecular weight excluding hydrogens is 306 g/mol. The van der Waals surface area contributed by atoms with E-state index in [-0.39, 0.29) is 24.7 Å². The Morgan fingerprint density at radius 3 is 2.83 bits per heavy atom. The zero-order valence-corrected chi connectivity index (χ0v) is 13.3. The first-order valence-corrected chi connectivity index (χ1v) is 7.49. The molecule has 23 heavy (non-hydrogen) atoms. The van der Waals surface area contributed by atoms with E-state index >= 15 is 0 Å². The minimum atomic E-state index is -0.788. The molecule has 4 atom stereocenters. The first-order chi connectivity index (χ1) is 10.9. The first-order valence-electron chi connectivity index (χ1n) is 7.49. The minimum absolute atomic E-state index is 0.0256. The van der Waals surface area contributed by atoms with Crippen LogP contribution in [-0.2, 0) is 18.9 Å². The molecule has 1 aromatic heterocycles. The van der Waals surface area contributed by atoms with E-state index in [1.54, 1.807) is 20.8 Å². The van der Waals surface area contributed by atoms with Crippen molar-refractivity contribution >= 4 is 11.8 Å². The number of imidazole rings is 1. The van der Waals surface area contributed by atoms with Crippen molar-refractivity contribution in [2.45, 2.75) is 51.1 Å². The van der Waals surface area contributed by atoms with Crippen molar-refractivity contribution in [2.24, 2.45) is 0 Å². The highest BCUT2D eigenvalue weighted by Crippen LogP contribution is 2.43. The standard InChI is InChI=1S/C14H21N3O6/c1-4-20-13(19)8-11(15)17(6-16-8)12-10-9(7(5-18)21-12)22-14(2,3)23-10/h6-7,9-10,12,18H,4-5,15H2,1-3H3/t7-,9-,10+,12+/m1/s1. The number of fused-ring (bicyclic) bond motifs is 1. The zero-order chi connectivity index (χ0) is 16.8. The fourth-order valence-corrected chi connectivity index (χ4v) is 2.96. The smallest absolute Gasteiger partial charge is 0.360 e. The molecule has 0 radical (unpaired) electrons. The number of hydrogen-bond donors (Lipinski definition) is 2. The maximum atomic E-state index is 11.8. The van der Waals surface area contributed by atoms with Crippen LogP contribution in [0, 0.1) is 0 Å². The molecule has 9 heteroatoms. The number of anilines is 1. The summed E-state index contributed by atoms with van der Waals surface area (Å²) in [7, 11) is 0. The molecule has 0 saturated carbocycles. The third kappa shape index (κ3) is 2.69. The van der Waals surface area contributed by atoms with Gasteiger partial charge in [-0.25, -0.2) is 9.78 Å². The summed E-state index contributed by atoms with van der Waals surface area (Å²) >= 11 is 0. The highest BCUT2D eigenvalue weighted by Gasteiger charge is 2.56. The molecular formula is C14H21N3O6. The Labute approximate surface area is 133 Å². The van der Waals surface area contributed by atoms with Crippen molar-refractivity contribution in [3.05, 3.63) is 12.0 Å². The van der Waals surface area contributed by atoms with Gasteiger partial charge in [0, 0.05) is 0 Å². The Morgan fingerprint density at radius 1 is 1.48 bits per heavy atom. The number of aliphatic hydroxyl groups excluding tert-OH is 1. The molecule has 128 valence electrons. The monoisotopic (exact) mass is 327 g/mol. The molecule has 2 aliphatic heterocycles. The number of carbonyl (C=O) groups is 1. The molecule has 2 aliphatic rings. The second-order valence-corrected chi connectivity index (χ2v) is 5.92. The summed E-state index contributed by atoms with van der Waals surface area (Å²) in [4.78, 5) is 15.8. The molecule has 9 nitrogen and oxygen atoms in total. The Hall–Kier alpha value is -1.68. The van der Waals surface area contributed by atoms with E-state index < -0.39 is 36.3 Å². The minimum Gasteiger partial charge on any atom is -0.461 e. The number of ether oxygens (including phenoxy) is 4. The average Bonchev–Trinajstić information content (AvgIpc) is 3.10. The predicted octanol–water partition coefficient (Wildman–Crippen LogP) is 0.0518. The lowest BCUT2D eigenvalue weighted by atomic mass is 10.1. The maximum Gasteiger partial charge on any atom is 0.360 e. The van der Waals surface area contributed by atoms with Gasteiger partial charge < -0.3 is 29.8 Å². The van der Waals surface area contributed by atoms with Crippen LogP contribution in [-0.4, -0.2) is 57.9 Å². The Bertz CT molecular complexity index is 601. The van der Waals surface area contributed by atoms with Crippen LogP contribution >= 0.6 is 0 Å². The topological polar surface area (TPSA) is 118 Å². The van der Waals surface area contributed by atoms with Crippen molar-refractivity contribution in [3.8, 4) is 0 Å². The Morgan fingerprint density at radius 2 is 2.17 bits per heavy atom. The van der Waals surface area contributed by atoms with Crippen LogP contribution in [0.4, 0.5) is 5.82 Å². The Balaban J connectivity index is 1.89. The molecule has 0 aromatic carbocycles. The lowest BCUT2D eigenvalue weighted by molar-refractivity contribution is -0.199. The Kier molecular flexibility index (Phi) is 4.05. The summed E-state index contributed by atoms with van der Waals surface area (Å²) in [6.45, 7) is 5.30. The van der Waals surface area contributed by atoms with E-state index in [4.69, 9.17) is 24.7 Å². The lowest BCUT2D eigenvalue weighted by Gasteiger charge is -2.24. The molecule has 0 bridgehead atoms. The van der Waals surface area contributed by atoms with Crippen LogP contribution in [0.25, 0.3) is 0 Å². The van der Waals surface area contributed by atoms with Gasteiger partial charge in [0.1, 0.15) is 24.1 Å². The fraction of sp³-hybridized carbons (Fsp3) is 0.714. The van der Waals surface area contributed by atoms with Gasteiger partial charge in [0.05, 0.1) is 19.5 Å². The number of hydrogen-bond acceptors (Lipinski definition) is 8. The molecule has 0 spiro atoms. The first kappa shape index (κ1) is 16.2. The van der Waals surface area contributed by atoms with Gasteiger partial charge >= 0.3 is 5.97 Å². The normalized spacial score (nSPS) is 32.0. The molecule has 3 rings (SSSR count). The van der Waals surface area contributed by atoms with Gasteiger partial charge in [-0.3, -0.25) is 4.57 Å². The van der Waals surface area contributed by atoms with E-state index in [9.17, 15) is 9.90 Å². The van der Waals surface area contributed by atoms with Crippen LogP contribution in [0.2, 0.25) is 0 Å². The third-order valence-electron chi connectivity index (χ3n) is 3.88. The van der Waals surface area contributed by atoms with E-state index in [1.165, 1.54) is 10.9 Å². The summed E-state index contributed by atoms with van der Waals surface area (Å²) in [5.74, 6) is -1.26. The molecule has 2 fully saturated rings. The van der Waals surface area contributed by atoms with Crippen molar-refractivity contribution in [3.63, 3.8) is 0 Å². The second kappa shape index (κ2) is 5.75. The lowest BCUT2D eigenvalue weighted by Crippen LogP contribution is -2.31. The van der Waals surface area contributed by atoms with Crippen molar-refractivity contribution in [1.82, 2.24) is 9.55 Å². The number of aromatic nitrogens is 2. The van der Waals surface area contributed by atoms with Crippen molar-refractivity contribution in [2.75, 3.05) is 18.9 Å². The van der Waals surface area contributed by atoms with Gasteiger partial charge in [-0.1, -0.05) is 0 Å². The van der Waals surface area contributed by atoms with Crippen LogP contribution in [0.3, 0.4) is 0 Å². The molecule has 0 unspecified atom stereocenters. The molecule has 1 aromatic rings. The highest BCUT2D eigenvalue weighted by atomic mass is 16.8. The van der Waals surface area contributed by atoms with Crippen LogP contribution in [0.15, 0.2) is 6.33 Å². The molecule has 3 heterocycles. The van der Waals surface area contributed by atoms with Gasteiger partial charge in [-0.2, -0.15) is 0 Å². The summed E-state index contributed by atoms with van der Waals surface area (Å²) in [6, 6.07) is 0. The van der Waals surface area contributed by atoms with Gasteiger partial charge in [0.15, 0.2) is 17.7 Å². The average molecular weight is 327 g/mol. The number of nitrogens with zero attached hydrogens (tertiary/aromatic N) is 2. The number of carbonyl (C=O) groups excluding carboxylic acids is 1. The van der Waals surface area contributed by atoms with Crippen LogP contribution in [0.5, 0.6) is 0 Å². The summed E-state index contributed by atoms with van der Waals surface area (Å²) < 4.78 is 23.9. The van der Waals surface area contributed by atoms with E-state index in [0.29, 0.717) is 0 Å². The fourth-order valence-electron chi connectivity index (χ4n) is 2.96. The second-order valence-electron chi connectivity index (χ2n) is 5.92. The van der Waals surface area contributed by atoms with E-state index in [2.05, 4.69) is 4.98 Å². The summed E-state index contributed by atoms with van der Waals surface area (Å²) in [5.41, 5.74) is 6.04. The van der Waals surface area contributed by atoms with Crippen molar-refractivity contribution < 1.29 is 28.8 Å². The van der Waals surface area contributed by atoms with Crippen LogP contribution in [0.1, 0.15) is 37.5 Å². The SMILES string of the molecule is CCOC(=O)c1ncn([C@H]2O[C@H](CO)[C@H]3OC(C)(C)O[C@@H]32)c1N. The van der Waals surface area contributed by atoms with Gasteiger partial charge in [-0.05, 0) is 20.8 Å². The number of rotatable bonds is 4. The van der Waals surface area contributed by atoms with Gasteiger partial charge in [-0.15, -0.1) is 0 Å².